The number of allylic oxidation sites excluding steroid dienone is 1. The minimum absolute atomic E-state index is 0.0773. The van der Waals surface area contributed by atoms with Crippen LogP contribution in [0.2, 0.25) is 0 Å². The highest BCUT2D eigenvalue weighted by molar-refractivity contribution is 5.95. The van der Waals surface area contributed by atoms with Gasteiger partial charge in [-0.05, 0) is 25.5 Å². The Bertz CT molecular complexity index is 1140. The number of phenolic OH excluding ortho intramolecular Hbond substituents is 1. The van der Waals surface area contributed by atoms with Crippen LogP contribution in [0.25, 0.3) is 0 Å². The molecule has 158 valence electrons. The number of aromatic nitrogens is 2. The van der Waals surface area contributed by atoms with Gasteiger partial charge in [-0.25, -0.2) is 9.59 Å². The quantitative estimate of drug-likeness (QED) is 0.315. The fraction of sp³-hybridized carbons (Fsp3) is 0.278. The van der Waals surface area contributed by atoms with E-state index in [1.807, 2.05) is 0 Å². The van der Waals surface area contributed by atoms with Gasteiger partial charge in [0.25, 0.3) is 0 Å². The first-order valence-corrected chi connectivity index (χ1v) is 8.79. The topological polar surface area (TPSA) is 183 Å². The minimum Gasteiger partial charge on any atom is -0.500 e. The number of benzene rings is 1. The summed E-state index contributed by atoms with van der Waals surface area (Å²) in [5.41, 5.74) is 5.58. The van der Waals surface area contributed by atoms with Crippen LogP contribution in [0.15, 0.2) is 28.2 Å². The average Bonchev–Trinajstić information content (AvgIpc) is 2.66. The third-order valence-corrected chi connectivity index (χ3v) is 4.61. The molecule has 1 atom stereocenters. The minimum atomic E-state index is -0.988. The van der Waals surface area contributed by atoms with E-state index >= 15 is 0 Å². The molecule has 12 nitrogen and oxygen atoms in total. The predicted octanol–water partition coefficient (Wildman–Crippen LogP) is 1.37. The van der Waals surface area contributed by atoms with Crippen molar-refractivity contribution in [2.45, 2.75) is 19.8 Å². The van der Waals surface area contributed by atoms with E-state index in [0.29, 0.717) is 5.70 Å². The Balaban J connectivity index is 2.37. The van der Waals surface area contributed by atoms with Crippen LogP contribution in [0, 0.1) is 10.1 Å². The zero-order valence-corrected chi connectivity index (χ0v) is 16.3. The molecule has 0 spiro atoms. The normalized spacial score (nSPS) is 15.2. The second kappa shape index (κ2) is 7.73. The predicted molar refractivity (Wildman–Crippen MR) is 105 cm³/mol. The molecule has 1 aliphatic heterocycles. The van der Waals surface area contributed by atoms with Crippen molar-refractivity contribution < 1.29 is 24.3 Å². The summed E-state index contributed by atoms with van der Waals surface area (Å²) >= 11 is 0. The third kappa shape index (κ3) is 3.38. The number of nitrogens with zero attached hydrogens (tertiary/aromatic N) is 2. The largest absolute Gasteiger partial charge is 0.500 e. The molecule has 5 N–H and O–H groups in total. The van der Waals surface area contributed by atoms with Crippen molar-refractivity contribution in [1.29, 1.82) is 0 Å². The number of carbonyl (C=O) groups is 1. The summed E-state index contributed by atoms with van der Waals surface area (Å²) in [5, 5.41) is 24.4. The van der Waals surface area contributed by atoms with E-state index in [0.717, 1.165) is 6.07 Å². The molecule has 12 heteroatoms. The highest BCUT2D eigenvalue weighted by Crippen LogP contribution is 2.47. The van der Waals surface area contributed by atoms with Crippen LogP contribution in [0.4, 0.5) is 17.3 Å². The van der Waals surface area contributed by atoms with Gasteiger partial charge in [0.15, 0.2) is 5.75 Å². The summed E-state index contributed by atoms with van der Waals surface area (Å²) < 4.78 is 10.2. The zero-order valence-electron chi connectivity index (χ0n) is 16.3. The van der Waals surface area contributed by atoms with Crippen LogP contribution in [-0.2, 0) is 9.53 Å². The molecule has 1 aliphatic rings. The molecule has 0 amide bonds. The number of hydrogen-bond acceptors (Lipinski definition) is 10. The number of phenols is 1. The Hall–Kier alpha value is -4.09. The lowest BCUT2D eigenvalue weighted by Gasteiger charge is -2.30. The van der Waals surface area contributed by atoms with Gasteiger partial charge in [-0.1, -0.05) is 0 Å². The summed E-state index contributed by atoms with van der Waals surface area (Å²) in [6, 6.07) is 2.45. The fourth-order valence-corrected chi connectivity index (χ4v) is 3.38. The van der Waals surface area contributed by atoms with Gasteiger partial charge in [0.1, 0.15) is 11.6 Å². The van der Waals surface area contributed by atoms with Crippen molar-refractivity contribution in [3.63, 3.8) is 0 Å². The van der Waals surface area contributed by atoms with Crippen LogP contribution < -0.4 is 21.5 Å². The summed E-state index contributed by atoms with van der Waals surface area (Å²) in [4.78, 5) is 41.4. The molecular weight excluding hydrogens is 398 g/mol. The number of hydrogen-bond donors (Lipinski definition) is 4. The Morgan fingerprint density at radius 1 is 1.43 bits per heavy atom. The molecule has 3 rings (SSSR count). The van der Waals surface area contributed by atoms with E-state index in [4.69, 9.17) is 15.2 Å². The van der Waals surface area contributed by atoms with E-state index in [2.05, 4.69) is 15.3 Å². The second-order valence-corrected chi connectivity index (χ2v) is 6.38. The number of nitro benzene ring substituents is 1. The Morgan fingerprint density at radius 3 is 2.73 bits per heavy atom. The molecule has 0 bridgehead atoms. The Labute approximate surface area is 169 Å². The van der Waals surface area contributed by atoms with Crippen molar-refractivity contribution in [2.24, 2.45) is 0 Å². The molecule has 0 aliphatic carbocycles. The first-order valence-electron chi connectivity index (χ1n) is 8.79. The van der Waals surface area contributed by atoms with E-state index in [-0.39, 0.29) is 40.7 Å². The summed E-state index contributed by atoms with van der Waals surface area (Å²) in [6.45, 7) is 3.30. The number of ether oxygens (including phenoxy) is 2. The number of anilines is 2. The van der Waals surface area contributed by atoms with E-state index < -0.39 is 33.9 Å². The second-order valence-electron chi connectivity index (χ2n) is 6.38. The van der Waals surface area contributed by atoms with E-state index in [1.165, 1.54) is 13.2 Å². The molecular formula is C18H19N5O7. The number of aromatic amines is 1. The van der Waals surface area contributed by atoms with Crippen molar-refractivity contribution in [1.82, 2.24) is 9.97 Å². The van der Waals surface area contributed by atoms with E-state index in [1.54, 1.807) is 13.8 Å². The Morgan fingerprint density at radius 2 is 2.13 bits per heavy atom. The van der Waals surface area contributed by atoms with E-state index in [9.17, 15) is 24.8 Å². The van der Waals surface area contributed by atoms with Gasteiger partial charge in [0.05, 0.1) is 30.1 Å². The maximum atomic E-state index is 12.8. The number of nitrogen functional groups attached to an aromatic ring is 1. The summed E-state index contributed by atoms with van der Waals surface area (Å²) in [5.74, 6) is -2.48. The number of carbonyl (C=O) groups excluding carboxylic acids is 1. The molecule has 0 radical (unpaired) electrons. The third-order valence-electron chi connectivity index (χ3n) is 4.61. The number of aromatic hydroxyl groups is 1. The van der Waals surface area contributed by atoms with Crippen LogP contribution in [0.3, 0.4) is 0 Å². The smallest absolute Gasteiger partial charge is 0.348 e. The summed E-state index contributed by atoms with van der Waals surface area (Å²) in [6.07, 6.45) is 0. The number of nitrogens with one attached hydrogen (secondary N) is 2. The molecule has 0 saturated heterocycles. The first kappa shape index (κ1) is 20.6. The lowest BCUT2D eigenvalue weighted by atomic mass is 9.81. The molecule has 2 heterocycles. The molecule has 2 aromatic rings. The number of nitro groups is 1. The number of H-pyrrole nitrogens is 1. The molecule has 0 saturated carbocycles. The lowest BCUT2D eigenvalue weighted by molar-refractivity contribution is -0.386. The monoisotopic (exact) mass is 417 g/mol. The molecule has 1 unspecified atom stereocenters. The molecule has 30 heavy (non-hydrogen) atoms. The highest BCUT2D eigenvalue weighted by atomic mass is 16.6. The number of rotatable bonds is 5. The van der Waals surface area contributed by atoms with Crippen molar-refractivity contribution >= 4 is 23.3 Å². The van der Waals surface area contributed by atoms with Crippen LogP contribution in [-0.4, -0.2) is 39.7 Å². The van der Waals surface area contributed by atoms with Gasteiger partial charge < -0.3 is 25.6 Å². The first-order chi connectivity index (χ1) is 14.2. The van der Waals surface area contributed by atoms with Crippen molar-refractivity contribution in [3.05, 3.63) is 55.1 Å². The Kier molecular flexibility index (Phi) is 5.32. The maximum absolute atomic E-state index is 12.8. The summed E-state index contributed by atoms with van der Waals surface area (Å²) in [7, 11) is 1.24. The van der Waals surface area contributed by atoms with Gasteiger partial charge in [-0.15, -0.1) is 0 Å². The fourth-order valence-electron chi connectivity index (χ4n) is 3.38. The number of fused-ring (bicyclic) bond motifs is 1. The lowest BCUT2D eigenvalue weighted by Crippen LogP contribution is -2.29. The number of methoxy groups -OCH3 is 1. The number of esters is 1. The van der Waals surface area contributed by atoms with Crippen LogP contribution >= 0.6 is 0 Å². The van der Waals surface area contributed by atoms with Crippen LogP contribution in [0.1, 0.15) is 30.9 Å². The maximum Gasteiger partial charge on any atom is 0.348 e. The van der Waals surface area contributed by atoms with Gasteiger partial charge in [-0.2, -0.15) is 4.98 Å². The van der Waals surface area contributed by atoms with Crippen molar-refractivity contribution in [2.75, 3.05) is 24.8 Å². The average molecular weight is 417 g/mol. The van der Waals surface area contributed by atoms with Crippen molar-refractivity contribution in [3.8, 4) is 11.5 Å². The van der Waals surface area contributed by atoms with Gasteiger partial charge in [0.2, 0.25) is 5.75 Å². The standard InChI is InChI=1S/C18H19N5O7/c1-4-30-17(25)11-7(2)20-16-13(15(19)21-18(26)22-16)12(11)8-5-9(23(27)28)14(24)10(6-8)29-3/h5-6,12,24H,4H2,1-3H3,(H4,19,20,21,22,26). The van der Waals surface area contributed by atoms with Crippen LogP contribution in [0.5, 0.6) is 11.5 Å². The van der Waals surface area contributed by atoms with Gasteiger partial charge >= 0.3 is 17.3 Å². The van der Waals surface area contributed by atoms with Gasteiger partial charge in [0, 0.05) is 17.3 Å². The zero-order chi connectivity index (χ0) is 22.2. The molecule has 1 aromatic carbocycles. The SMILES string of the molecule is CCOC(=O)C1=C(C)Nc2nc(=O)[nH]c(N)c2C1c1cc(OC)c(O)c([N+](=O)[O-])c1. The van der Waals surface area contributed by atoms with Gasteiger partial charge in [-0.3, -0.25) is 15.1 Å². The molecule has 0 fully saturated rings. The number of nitrogens with two attached hydrogens (primary N) is 1. The highest BCUT2D eigenvalue weighted by Gasteiger charge is 2.37. The molecule has 1 aromatic heterocycles.